The highest BCUT2D eigenvalue weighted by Gasteiger charge is 2.30. The first kappa shape index (κ1) is 26.5. The van der Waals surface area contributed by atoms with Crippen LogP contribution in [0.2, 0.25) is 0 Å². The van der Waals surface area contributed by atoms with Gasteiger partial charge in [0.1, 0.15) is 5.84 Å². The fourth-order valence-corrected chi connectivity index (χ4v) is 3.87. The van der Waals surface area contributed by atoms with Crippen molar-refractivity contribution >= 4 is 29.9 Å². The van der Waals surface area contributed by atoms with E-state index in [1.807, 2.05) is 25.2 Å². The second kappa shape index (κ2) is 12.6. The standard InChI is InChI=1S/C26H30F3N7O/c1-2-5-20-17-23(31-18-20)34-25-33-22(9-8-19-6-3-7-21(16-19)26(27,28)29)32-24(35-25)30-10-4-11-36-12-14-37-15-13-36/h2-3,5-9,16-17H,4,10-15,18H2,1H3,(H2,30,31,32,33,34,35)/b5-2+,9-8+. The number of amidine groups is 1. The molecule has 1 fully saturated rings. The van der Waals surface area contributed by atoms with E-state index in [-0.39, 0.29) is 0 Å². The predicted octanol–water partition coefficient (Wildman–Crippen LogP) is 4.52. The first-order valence-electron chi connectivity index (χ1n) is 12.2. The molecule has 11 heteroatoms. The number of anilines is 2. The number of ether oxygens (including phenoxy) is 1. The van der Waals surface area contributed by atoms with Crippen molar-refractivity contribution in [3.63, 3.8) is 0 Å². The Hall–Kier alpha value is -3.57. The summed E-state index contributed by atoms with van der Waals surface area (Å²) in [5, 5.41) is 6.35. The SMILES string of the molecule is C/C=C/C1=CC(Nc2nc(/C=C/c3cccc(C(F)(F)F)c3)nc(NCCCN3CCOCC3)n2)=NC1. The van der Waals surface area contributed by atoms with Gasteiger partial charge in [0.15, 0.2) is 5.82 Å². The summed E-state index contributed by atoms with van der Waals surface area (Å²) in [7, 11) is 0. The van der Waals surface area contributed by atoms with Gasteiger partial charge in [0.2, 0.25) is 11.9 Å². The fraction of sp³-hybridized carbons (Fsp3) is 0.385. The molecule has 3 heterocycles. The van der Waals surface area contributed by atoms with E-state index in [9.17, 15) is 13.2 Å². The summed E-state index contributed by atoms with van der Waals surface area (Å²) in [5.41, 5.74) is 0.743. The summed E-state index contributed by atoms with van der Waals surface area (Å²) in [6.07, 6.45) is 5.45. The van der Waals surface area contributed by atoms with Crippen LogP contribution in [0.1, 0.15) is 30.3 Å². The Labute approximate surface area is 214 Å². The monoisotopic (exact) mass is 513 g/mol. The van der Waals surface area contributed by atoms with Gasteiger partial charge >= 0.3 is 6.18 Å². The van der Waals surface area contributed by atoms with Crippen LogP contribution >= 0.6 is 0 Å². The minimum atomic E-state index is -4.41. The summed E-state index contributed by atoms with van der Waals surface area (Å²) in [5.74, 6) is 1.61. The molecule has 4 rings (SSSR count). The molecular formula is C26H30F3N7O. The second-order valence-corrected chi connectivity index (χ2v) is 8.58. The van der Waals surface area contributed by atoms with Gasteiger partial charge in [0, 0.05) is 19.6 Å². The molecule has 0 amide bonds. The van der Waals surface area contributed by atoms with Crippen molar-refractivity contribution in [3.8, 4) is 0 Å². The maximum absolute atomic E-state index is 13.1. The number of rotatable bonds is 9. The van der Waals surface area contributed by atoms with E-state index in [1.165, 1.54) is 6.07 Å². The number of nitrogens with zero attached hydrogens (tertiary/aromatic N) is 5. The van der Waals surface area contributed by atoms with Crippen molar-refractivity contribution in [1.82, 2.24) is 19.9 Å². The van der Waals surface area contributed by atoms with Gasteiger partial charge < -0.3 is 15.4 Å². The zero-order valence-electron chi connectivity index (χ0n) is 20.6. The van der Waals surface area contributed by atoms with Crippen LogP contribution in [0, 0.1) is 0 Å². The lowest BCUT2D eigenvalue weighted by atomic mass is 10.1. The van der Waals surface area contributed by atoms with Crippen molar-refractivity contribution in [2.45, 2.75) is 19.5 Å². The van der Waals surface area contributed by atoms with E-state index in [0.29, 0.717) is 42.2 Å². The highest BCUT2D eigenvalue weighted by Crippen LogP contribution is 2.29. The number of benzene rings is 1. The molecule has 1 aromatic carbocycles. The van der Waals surface area contributed by atoms with Crippen molar-refractivity contribution in [2.24, 2.45) is 4.99 Å². The number of alkyl halides is 3. The number of hydrogen-bond acceptors (Lipinski definition) is 8. The quantitative estimate of drug-likeness (QED) is 0.477. The van der Waals surface area contributed by atoms with Crippen molar-refractivity contribution in [1.29, 1.82) is 0 Å². The van der Waals surface area contributed by atoms with Crippen LogP contribution in [0.3, 0.4) is 0 Å². The lowest BCUT2D eigenvalue weighted by Gasteiger charge is -2.26. The van der Waals surface area contributed by atoms with Crippen LogP contribution in [0.4, 0.5) is 25.1 Å². The van der Waals surface area contributed by atoms with E-state index >= 15 is 0 Å². The molecule has 2 N–H and O–H groups in total. The minimum absolute atomic E-state index is 0.297. The number of hydrogen-bond donors (Lipinski definition) is 2. The molecule has 1 saturated heterocycles. The van der Waals surface area contributed by atoms with Crippen LogP contribution in [0.15, 0.2) is 53.1 Å². The summed E-state index contributed by atoms with van der Waals surface area (Å²) < 4.78 is 44.6. The Balaban J connectivity index is 1.48. The van der Waals surface area contributed by atoms with Gasteiger partial charge in [0.25, 0.3) is 0 Å². The zero-order chi connectivity index (χ0) is 26.1. The average molecular weight is 514 g/mol. The summed E-state index contributed by atoms with van der Waals surface area (Å²) in [6.45, 7) is 7.46. The Morgan fingerprint density at radius 2 is 1.86 bits per heavy atom. The normalized spacial score (nSPS) is 16.9. The van der Waals surface area contributed by atoms with E-state index in [2.05, 4.69) is 35.5 Å². The molecular weight excluding hydrogens is 483 g/mol. The van der Waals surface area contributed by atoms with Gasteiger partial charge in [-0.1, -0.05) is 30.4 Å². The Kier molecular flexibility index (Phi) is 9.02. The summed E-state index contributed by atoms with van der Waals surface area (Å²) in [4.78, 5) is 20.1. The summed E-state index contributed by atoms with van der Waals surface area (Å²) in [6, 6.07) is 5.09. The van der Waals surface area contributed by atoms with Crippen molar-refractivity contribution in [3.05, 3.63) is 65.0 Å². The van der Waals surface area contributed by atoms with Crippen LogP contribution in [-0.4, -0.2) is 71.6 Å². The number of nitrogens with one attached hydrogen (secondary N) is 2. The number of halogens is 3. The van der Waals surface area contributed by atoms with Crippen LogP contribution in [0.5, 0.6) is 0 Å². The zero-order valence-corrected chi connectivity index (χ0v) is 20.6. The lowest BCUT2D eigenvalue weighted by Crippen LogP contribution is -2.37. The molecule has 2 aliphatic rings. The Bertz CT molecular complexity index is 1180. The third-order valence-corrected chi connectivity index (χ3v) is 5.70. The Morgan fingerprint density at radius 1 is 1.05 bits per heavy atom. The largest absolute Gasteiger partial charge is 0.416 e. The molecule has 2 aromatic rings. The predicted molar refractivity (Wildman–Crippen MR) is 139 cm³/mol. The molecule has 0 unspecified atom stereocenters. The topological polar surface area (TPSA) is 87.6 Å². The summed E-state index contributed by atoms with van der Waals surface area (Å²) >= 11 is 0. The van der Waals surface area contributed by atoms with Gasteiger partial charge in [-0.25, -0.2) is 0 Å². The lowest BCUT2D eigenvalue weighted by molar-refractivity contribution is -0.137. The van der Waals surface area contributed by atoms with Gasteiger partial charge in [-0.05, 0) is 55.3 Å². The molecule has 0 saturated carbocycles. The third kappa shape index (κ3) is 8.22. The molecule has 0 aliphatic carbocycles. The van der Waals surface area contributed by atoms with Gasteiger partial charge in [0.05, 0.1) is 25.3 Å². The number of aromatic nitrogens is 3. The molecule has 8 nitrogen and oxygen atoms in total. The Morgan fingerprint density at radius 3 is 2.65 bits per heavy atom. The first-order chi connectivity index (χ1) is 17.9. The fourth-order valence-electron chi connectivity index (χ4n) is 3.87. The van der Waals surface area contributed by atoms with Gasteiger partial charge in [-0.3, -0.25) is 9.89 Å². The van der Waals surface area contributed by atoms with Gasteiger partial charge in [-0.15, -0.1) is 0 Å². The molecule has 1 aromatic heterocycles. The molecule has 0 bridgehead atoms. The smallest absolute Gasteiger partial charge is 0.379 e. The third-order valence-electron chi connectivity index (χ3n) is 5.70. The maximum atomic E-state index is 13.1. The molecule has 0 radical (unpaired) electrons. The average Bonchev–Trinajstić information content (AvgIpc) is 3.32. The van der Waals surface area contributed by atoms with Crippen LogP contribution in [0.25, 0.3) is 12.2 Å². The van der Waals surface area contributed by atoms with Crippen LogP contribution in [-0.2, 0) is 10.9 Å². The van der Waals surface area contributed by atoms with E-state index in [0.717, 1.165) is 57.0 Å². The number of morpholine rings is 1. The highest BCUT2D eigenvalue weighted by atomic mass is 19.4. The van der Waals surface area contributed by atoms with E-state index in [1.54, 1.807) is 18.2 Å². The minimum Gasteiger partial charge on any atom is -0.379 e. The highest BCUT2D eigenvalue weighted by molar-refractivity contribution is 6.05. The second-order valence-electron chi connectivity index (χ2n) is 8.58. The van der Waals surface area contributed by atoms with E-state index in [4.69, 9.17) is 4.74 Å². The van der Waals surface area contributed by atoms with Crippen molar-refractivity contribution < 1.29 is 17.9 Å². The number of aliphatic imine (C=N–C) groups is 1. The molecule has 196 valence electrons. The first-order valence-corrected chi connectivity index (χ1v) is 12.2. The molecule has 0 spiro atoms. The van der Waals surface area contributed by atoms with Crippen molar-refractivity contribution in [2.75, 3.05) is 56.6 Å². The van der Waals surface area contributed by atoms with Gasteiger partial charge in [-0.2, -0.15) is 28.1 Å². The number of allylic oxidation sites excluding steroid dienone is 1. The maximum Gasteiger partial charge on any atom is 0.416 e. The molecule has 2 aliphatic heterocycles. The van der Waals surface area contributed by atoms with E-state index < -0.39 is 11.7 Å². The van der Waals surface area contributed by atoms with Crippen LogP contribution < -0.4 is 10.6 Å². The molecule has 0 atom stereocenters. The molecule has 37 heavy (non-hydrogen) atoms.